The van der Waals surface area contributed by atoms with Crippen LogP contribution >= 0.6 is 0 Å². The van der Waals surface area contributed by atoms with Crippen molar-refractivity contribution in [3.05, 3.63) is 82.7 Å². The van der Waals surface area contributed by atoms with Gasteiger partial charge >= 0.3 is 0 Å². The number of halogens is 1. The number of benzene rings is 1. The highest BCUT2D eigenvalue weighted by molar-refractivity contribution is 5.76. The van der Waals surface area contributed by atoms with Crippen molar-refractivity contribution in [2.24, 2.45) is 0 Å². The smallest absolute Gasteiger partial charge is 0.224 e. The molecule has 3 heterocycles. The van der Waals surface area contributed by atoms with Crippen molar-refractivity contribution in [3.8, 4) is 0 Å². The first kappa shape index (κ1) is 22.8. The summed E-state index contributed by atoms with van der Waals surface area (Å²) >= 11 is 0. The quantitative estimate of drug-likeness (QED) is 0.594. The van der Waals surface area contributed by atoms with E-state index in [1.54, 1.807) is 12.1 Å². The predicted octanol–water partition coefficient (Wildman–Crippen LogP) is 3.62. The Morgan fingerprint density at radius 1 is 1.12 bits per heavy atom. The van der Waals surface area contributed by atoms with E-state index in [0.717, 1.165) is 28.2 Å². The van der Waals surface area contributed by atoms with Gasteiger partial charge in [-0.15, -0.1) is 0 Å². The number of amides is 1. The van der Waals surface area contributed by atoms with Crippen LogP contribution in [0.25, 0.3) is 0 Å². The molecule has 7 nitrogen and oxygen atoms in total. The molecule has 172 valence electrons. The number of anilines is 1. The Balaban J connectivity index is 1.29. The van der Waals surface area contributed by atoms with Crippen molar-refractivity contribution in [3.63, 3.8) is 0 Å². The largest absolute Gasteiger partial charge is 0.368 e. The molecule has 0 bridgehead atoms. The fourth-order valence-corrected chi connectivity index (χ4v) is 3.87. The number of nitrogens with one attached hydrogen (secondary N) is 1. The van der Waals surface area contributed by atoms with Crippen LogP contribution in [0, 0.1) is 19.7 Å². The molecule has 0 saturated carbocycles. The van der Waals surface area contributed by atoms with Gasteiger partial charge in [-0.3, -0.25) is 9.78 Å². The first-order valence-corrected chi connectivity index (χ1v) is 11.1. The SMILES string of the molecule is Cc1cc(C)nc(NCCC(=O)N2CCO[C@H](c3ccc(Cc4ccc(F)cc4)cn3)C2)n1. The van der Waals surface area contributed by atoms with E-state index in [0.29, 0.717) is 45.0 Å². The van der Waals surface area contributed by atoms with Gasteiger partial charge in [-0.05, 0) is 55.7 Å². The van der Waals surface area contributed by atoms with Gasteiger partial charge in [0.1, 0.15) is 11.9 Å². The van der Waals surface area contributed by atoms with Crippen molar-refractivity contribution in [2.75, 3.05) is 31.6 Å². The number of rotatable bonds is 7. The number of carbonyl (C=O) groups excluding carboxylic acids is 1. The van der Waals surface area contributed by atoms with Crippen LogP contribution in [-0.4, -0.2) is 52.0 Å². The summed E-state index contributed by atoms with van der Waals surface area (Å²) in [7, 11) is 0. The van der Waals surface area contributed by atoms with Gasteiger partial charge < -0.3 is 15.0 Å². The van der Waals surface area contributed by atoms with Crippen LogP contribution in [0.15, 0.2) is 48.7 Å². The average Bonchev–Trinajstić information content (AvgIpc) is 2.80. The summed E-state index contributed by atoms with van der Waals surface area (Å²) in [6.45, 7) is 5.83. The van der Waals surface area contributed by atoms with E-state index in [4.69, 9.17) is 4.74 Å². The lowest BCUT2D eigenvalue weighted by atomic mass is 10.1. The van der Waals surface area contributed by atoms with E-state index in [-0.39, 0.29) is 17.8 Å². The van der Waals surface area contributed by atoms with E-state index in [1.165, 1.54) is 12.1 Å². The molecule has 0 unspecified atom stereocenters. The Bertz CT molecular complexity index is 1070. The normalized spacial score (nSPS) is 16.0. The minimum Gasteiger partial charge on any atom is -0.368 e. The minimum absolute atomic E-state index is 0.0631. The minimum atomic E-state index is -0.252. The van der Waals surface area contributed by atoms with E-state index in [2.05, 4.69) is 20.3 Å². The van der Waals surface area contributed by atoms with Gasteiger partial charge in [0.25, 0.3) is 0 Å². The first-order valence-electron chi connectivity index (χ1n) is 11.1. The van der Waals surface area contributed by atoms with Crippen LogP contribution in [-0.2, 0) is 16.0 Å². The Morgan fingerprint density at radius 3 is 2.55 bits per heavy atom. The van der Waals surface area contributed by atoms with Gasteiger partial charge in [-0.2, -0.15) is 0 Å². The third-order valence-corrected chi connectivity index (χ3v) is 5.52. The Labute approximate surface area is 193 Å². The van der Waals surface area contributed by atoms with Gasteiger partial charge in [-0.1, -0.05) is 18.2 Å². The Morgan fingerprint density at radius 2 is 1.85 bits per heavy atom. The van der Waals surface area contributed by atoms with Gasteiger partial charge in [0.2, 0.25) is 11.9 Å². The highest BCUT2D eigenvalue weighted by atomic mass is 19.1. The molecular weight excluding hydrogens is 421 g/mol. The lowest BCUT2D eigenvalue weighted by Gasteiger charge is -2.32. The molecule has 1 N–H and O–H groups in total. The lowest BCUT2D eigenvalue weighted by Crippen LogP contribution is -2.43. The molecular formula is C25H28FN5O2. The molecule has 0 radical (unpaired) electrons. The zero-order valence-electron chi connectivity index (χ0n) is 18.9. The van der Waals surface area contributed by atoms with Crippen LogP contribution in [0.2, 0.25) is 0 Å². The van der Waals surface area contributed by atoms with Crippen LogP contribution in [0.5, 0.6) is 0 Å². The number of nitrogens with zero attached hydrogens (tertiary/aromatic N) is 4. The van der Waals surface area contributed by atoms with E-state index in [9.17, 15) is 9.18 Å². The molecule has 4 rings (SSSR count). The van der Waals surface area contributed by atoms with Gasteiger partial charge in [-0.25, -0.2) is 14.4 Å². The summed E-state index contributed by atoms with van der Waals surface area (Å²) in [5, 5.41) is 3.13. The van der Waals surface area contributed by atoms with Gasteiger partial charge in [0.15, 0.2) is 0 Å². The van der Waals surface area contributed by atoms with Gasteiger partial charge in [0.05, 0.1) is 18.8 Å². The van der Waals surface area contributed by atoms with Crippen molar-refractivity contribution in [1.82, 2.24) is 19.9 Å². The maximum atomic E-state index is 13.1. The molecule has 1 amide bonds. The van der Waals surface area contributed by atoms with Crippen molar-refractivity contribution < 1.29 is 13.9 Å². The second-order valence-corrected chi connectivity index (χ2v) is 8.24. The second-order valence-electron chi connectivity index (χ2n) is 8.24. The van der Waals surface area contributed by atoms with Crippen LogP contribution in [0.3, 0.4) is 0 Å². The van der Waals surface area contributed by atoms with Crippen LogP contribution in [0.4, 0.5) is 10.3 Å². The first-order chi connectivity index (χ1) is 16.0. The number of hydrogen-bond acceptors (Lipinski definition) is 6. The topological polar surface area (TPSA) is 80.2 Å². The predicted molar refractivity (Wildman–Crippen MR) is 123 cm³/mol. The fraction of sp³-hybridized carbons (Fsp3) is 0.360. The van der Waals surface area contributed by atoms with Crippen molar-refractivity contribution in [1.29, 1.82) is 0 Å². The molecule has 1 aliphatic heterocycles. The average molecular weight is 450 g/mol. The maximum absolute atomic E-state index is 13.1. The molecule has 1 aliphatic rings. The number of pyridine rings is 1. The molecule has 0 spiro atoms. The lowest BCUT2D eigenvalue weighted by molar-refractivity contribution is -0.138. The number of hydrogen-bond donors (Lipinski definition) is 1. The van der Waals surface area contributed by atoms with Crippen molar-refractivity contribution in [2.45, 2.75) is 32.8 Å². The summed E-state index contributed by atoms with van der Waals surface area (Å²) < 4.78 is 19.0. The zero-order chi connectivity index (χ0) is 23.2. The van der Waals surface area contributed by atoms with E-state index < -0.39 is 0 Å². The summed E-state index contributed by atoms with van der Waals surface area (Å²) in [6.07, 6.45) is 2.60. The molecule has 0 aliphatic carbocycles. The second kappa shape index (κ2) is 10.5. The molecule has 1 atom stereocenters. The standard InChI is InChI=1S/C25H28FN5O2/c1-17-13-18(2)30-25(29-17)27-10-9-24(32)31-11-12-33-23(16-31)22-8-5-20(15-28-22)14-19-3-6-21(26)7-4-19/h3-8,13,15,23H,9-12,14,16H2,1-2H3,(H,27,29,30)/t23-/m0/s1. The van der Waals surface area contributed by atoms with Gasteiger partial charge in [0, 0.05) is 37.1 Å². The fourth-order valence-electron chi connectivity index (χ4n) is 3.87. The number of ether oxygens (including phenoxy) is 1. The summed E-state index contributed by atoms with van der Waals surface area (Å²) in [5.74, 6) is 0.369. The maximum Gasteiger partial charge on any atom is 0.224 e. The van der Waals surface area contributed by atoms with E-state index in [1.807, 2.05) is 43.1 Å². The molecule has 8 heteroatoms. The molecule has 1 saturated heterocycles. The number of morpholine rings is 1. The van der Waals surface area contributed by atoms with Crippen LogP contribution < -0.4 is 5.32 Å². The molecule has 1 fully saturated rings. The highest BCUT2D eigenvalue weighted by Gasteiger charge is 2.26. The van der Waals surface area contributed by atoms with E-state index >= 15 is 0 Å². The number of aryl methyl sites for hydroxylation is 2. The summed E-state index contributed by atoms with van der Waals surface area (Å²) in [4.78, 5) is 27.8. The third kappa shape index (κ3) is 6.32. The summed E-state index contributed by atoms with van der Waals surface area (Å²) in [5.41, 5.74) is 4.65. The Kier molecular flexibility index (Phi) is 7.24. The monoisotopic (exact) mass is 449 g/mol. The van der Waals surface area contributed by atoms with Crippen molar-refractivity contribution >= 4 is 11.9 Å². The molecule has 2 aromatic heterocycles. The molecule has 33 heavy (non-hydrogen) atoms. The zero-order valence-corrected chi connectivity index (χ0v) is 18.9. The third-order valence-electron chi connectivity index (χ3n) is 5.52. The molecule has 3 aromatic rings. The number of aromatic nitrogens is 3. The summed E-state index contributed by atoms with van der Waals surface area (Å²) in [6, 6.07) is 12.3. The molecule has 1 aromatic carbocycles. The number of carbonyl (C=O) groups is 1. The Hall–Kier alpha value is -3.39. The van der Waals surface area contributed by atoms with Crippen LogP contribution in [0.1, 0.15) is 40.7 Å². The highest BCUT2D eigenvalue weighted by Crippen LogP contribution is 2.22.